The van der Waals surface area contributed by atoms with E-state index < -0.39 is 17.9 Å². The fourth-order valence-electron chi connectivity index (χ4n) is 1.66. The quantitative estimate of drug-likeness (QED) is 0.785. The van der Waals surface area contributed by atoms with Crippen molar-refractivity contribution in [2.45, 2.75) is 26.3 Å². The second-order valence-electron chi connectivity index (χ2n) is 4.64. The van der Waals surface area contributed by atoms with Gasteiger partial charge in [0.05, 0.1) is 0 Å². The highest BCUT2D eigenvalue weighted by atomic mass is 19.1. The van der Waals surface area contributed by atoms with E-state index in [1.54, 1.807) is 0 Å². The molecule has 1 heterocycles. The van der Waals surface area contributed by atoms with Crippen LogP contribution in [0.15, 0.2) is 18.3 Å². The fraction of sp³-hybridized carbons (Fsp3) is 0.462. The zero-order valence-electron chi connectivity index (χ0n) is 11.2. The molecule has 0 saturated heterocycles. The maximum atomic E-state index is 12.9. The van der Waals surface area contributed by atoms with Crippen LogP contribution in [0.4, 0.5) is 4.39 Å². The number of pyridine rings is 1. The first kappa shape index (κ1) is 15.1. The minimum Gasteiger partial charge on any atom is -0.357 e. The van der Waals surface area contributed by atoms with E-state index in [-0.39, 0.29) is 17.4 Å². The minimum absolute atomic E-state index is 0.144. The van der Waals surface area contributed by atoms with Gasteiger partial charge in [0.25, 0.3) is 5.91 Å². The number of halogens is 1. The van der Waals surface area contributed by atoms with Crippen molar-refractivity contribution in [3.8, 4) is 0 Å². The highest BCUT2D eigenvalue weighted by Crippen LogP contribution is 2.07. The van der Waals surface area contributed by atoms with Crippen LogP contribution >= 0.6 is 0 Å². The number of hydrogen-bond donors (Lipinski definition) is 2. The Hall–Kier alpha value is -1.98. The Labute approximate surface area is 111 Å². The summed E-state index contributed by atoms with van der Waals surface area (Å²) >= 11 is 0. The smallest absolute Gasteiger partial charge is 0.252 e. The van der Waals surface area contributed by atoms with Gasteiger partial charge in [-0.05, 0) is 18.4 Å². The average Bonchev–Trinajstić information content (AvgIpc) is 2.36. The summed E-state index contributed by atoms with van der Waals surface area (Å²) < 4.78 is 12.9. The number of likely N-dealkylation sites (N-methyl/N-ethyl adjacent to an activating group) is 1. The number of carbonyl (C=O) groups excluding carboxylic acids is 2. The predicted octanol–water partition coefficient (Wildman–Crippen LogP) is 1.11. The summed E-state index contributed by atoms with van der Waals surface area (Å²) in [6.07, 6.45) is 1.72. The number of carbonyl (C=O) groups is 2. The zero-order valence-corrected chi connectivity index (χ0v) is 11.2. The van der Waals surface area contributed by atoms with Crippen molar-refractivity contribution in [2.75, 3.05) is 7.05 Å². The van der Waals surface area contributed by atoms with Gasteiger partial charge < -0.3 is 10.6 Å². The highest BCUT2D eigenvalue weighted by molar-refractivity contribution is 5.97. The highest BCUT2D eigenvalue weighted by Gasteiger charge is 2.21. The van der Waals surface area contributed by atoms with Gasteiger partial charge in [-0.2, -0.15) is 4.39 Å². The summed E-state index contributed by atoms with van der Waals surface area (Å²) in [6.45, 7) is 3.91. The van der Waals surface area contributed by atoms with Crippen LogP contribution in [0, 0.1) is 11.9 Å². The van der Waals surface area contributed by atoms with E-state index in [1.807, 2.05) is 13.8 Å². The molecule has 1 aromatic rings. The molecular formula is C13H18FN3O2. The Morgan fingerprint density at radius 2 is 2.11 bits per heavy atom. The van der Waals surface area contributed by atoms with Crippen molar-refractivity contribution in [3.63, 3.8) is 0 Å². The summed E-state index contributed by atoms with van der Waals surface area (Å²) in [5.74, 6) is -1.24. The van der Waals surface area contributed by atoms with E-state index in [1.165, 1.54) is 19.3 Å². The van der Waals surface area contributed by atoms with Crippen molar-refractivity contribution in [2.24, 2.45) is 5.92 Å². The molecule has 1 atom stereocenters. The number of nitrogens with zero attached hydrogens (tertiary/aromatic N) is 1. The first-order valence-electron chi connectivity index (χ1n) is 6.08. The van der Waals surface area contributed by atoms with Crippen LogP contribution in [0.25, 0.3) is 0 Å². The molecule has 1 aromatic heterocycles. The molecule has 0 aliphatic carbocycles. The second kappa shape index (κ2) is 6.82. The lowest BCUT2D eigenvalue weighted by Crippen LogP contribution is -2.46. The van der Waals surface area contributed by atoms with Gasteiger partial charge in [-0.3, -0.25) is 9.59 Å². The molecule has 2 amide bonds. The molecule has 104 valence electrons. The maximum absolute atomic E-state index is 12.9. The zero-order chi connectivity index (χ0) is 14.4. The molecule has 1 unspecified atom stereocenters. The van der Waals surface area contributed by atoms with Gasteiger partial charge in [0.1, 0.15) is 6.04 Å². The van der Waals surface area contributed by atoms with Crippen LogP contribution in [-0.2, 0) is 4.79 Å². The summed E-state index contributed by atoms with van der Waals surface area (Å²) in [5.41, 5.74) is 0.144. The molecule has 2 N–H and O–H groups in total. The maximum Gasteiger partial charge on any atom is 0.252 e. The number of hydrogen-bond acceptors (Lipinski definition) is 3. The third-order valence-electron chi connectivity index (χ3n) is 2.56. The molecule has 0 bridgehead atoms. The number of nitrogens with one attached hydrogen (secondary N) is 2. The molecule has 5 nitrogen and oxygen atoms in total. The summed E-state index contributed by atoms with van der Waals surface area (Å²) in [5, 5.41) is 5.10. The van der Waals surface area contributed by atoms with E-state index in [0.29, 0.717) is 6.42 Å². The Kier molecular flexibility index (Phi) is 5.41. The molecule has 0 spiro atoms. The molecule has 0 aromatic carbocycles. The van der Waals surface area contributed by atoms with Crippen LogP contribution in [-0.4, -0.2) is 29.9 Å². The topological polar surface area (TPSA) is 71.1 Å². The van der Waals surface area contributed by atoms with Crippen LogP contribution < -0.4 is 10.6 Å². The molecular weight excluding hydrogens is 249 g/mol. The molecule has 0 saturated carbocycles. The van der Waals surface area contributed by atoms with Gasteiger partial charge in [-0.25, -0.2) is 4.98 Å². The van der Waals surface area contributed by atoms with Gasteiger partial charge in [0.2, 0.25) is 11.9 Å². The van der Waals surface area contributed by atoms with Crippen LogP contribution in [0.2, 0.25) is 0 Å². The van der Waals surface area contributed by atoms with Crippen molar-refractivity contribution in [3.05, 3.63) is 29.8 Å². The molecule has 6 heteroatoms. The summed E-state index contributed by atoms with van der Waals surface area (Å²) in [6, 6.07) is 1.80. The van der Waals surface area contributed by atoms with E-state index >= 15 is 0 Å². The van der Waals surface area contributed by atoms with Crippen LogP contribution in [0.3, 0.4) is 0 Å². The number of aromatic nitrogens is 1. The lowest BCUT2D eigenvalue weighted by molar-refractivity contribution is -0.122. The third-order valence-corrected chi connectivity index (χ3v) is 2.56. The Morgan fingerprint density at radius 1 is 1.42 bits per heavy atom. The van der Waals surface area contributed by atoms with E-state index in [0.717, 1.165) is 6.07 Å². The van der Waals surface area contributed by atoms with Crippen molar-refractivity contribution < 1.29 is 14.0 Å². The lowest BCUT2D eigenvalue weighted by Gasteiger charge is -2.19. The fourth-order valence-corrected chi connectivity index (χ4v) is 1.66. The van der Waals surface area contributed by atoms with Gasteiger partial charge in [0, 0.05) is 24.9 Å². The molecule has 0 fully saturated rings. The van der Waals surface area contributed by atoms with Crippen molar-refractivity contribution in [1.82, 2.24) is 15.6 Å². The Morgan fingerprint density at radius 3 is 2.63 bits per heavy atom. The van der Waals surface area contributed by atoms with Crippen molar-refractivity contribution >= 4 is 11.8 Å². The van der Waals surface area contributed by atoms with Gasteiger partial charge in [0.15, 0.2) is 0 Å². The van der Waals surface area contributed by atoms with Crippen LogP contribution in [0.1, 0.15) is 30.6 Å². The molecule has 19 heavy (non-hydrogen) atoms. The average molecular weight is 267 g/mol. The molecule has 0 radical (unpaired) electrons. The number of rotatable bonds is 5. The van der Waals surface area contributed by atoms with Gasteiger partial charge in [-0.1, -0.05) is 13.8 Å². The van der Waals surface area contributed by atoms with Crippen LogP contribution in [0.5, 0.6) is 0 Å². The minimum atomic E-state index is -0.729. The lowest BCUT2D eigenvalue weighted by atomic mass is 10.0. The van der Waals surface area contributed by atoms with E-state index in [9.17, 15) is 14.0 Å². The SMILES string of the molecule is CNC(=O)C(CC(C)C)NC(=O)c1ccnc(F)c1. The molecule has 0 aliphatic heterocycles. The van der Waals surface area contributed by atoms with E-state index in [2.05, 4.69) is 15.6 Å². The third kappa shape index (κ3) is 4.65. The first-order valence-corrected chi connectivity index (χ1v) is 6.08. The van der Waals surface area contributed by atoms with Gasteiger partial charge >= 0.3 is 0 Å². The molecule has 0 aliphatic rings. The Balaban J connectivity index is 2.78. The van der Waals surface area contributed by atoms with Gasteiger partial charge in [-0.15, -0.1) is 0 Å². The Bertz CT molecular complexity index is 463. The summed E-state index contributed by atoms with van der Waals surface area (Å²) in [7, 11) is 1.51. The standard InChI is InChI=1S/C13H18FN3O2/c1-8(2)6-10(13(19)15-3)17-12(18)9-4-5-16-11(14)7-9/h4-5,7-8,10H,6H2,1-3H3,(H,15,19)(H,17,18). The van der Waals surface area contributed by atoms with E-state index in [4.69, 9.17) is 0 Å². The first-order chi connectivity index (χ1) is 8.93. The number of amides is 2. The molecule has 1 rings (SSSR count). The monoisotopic (exact) mass is 267 g/mol. The second-order valence-corrected chi connectivity index (χ2v) is 4.64. The van der Waals surface area contributed by atoms with Crippen molar-refractivity contribution in [1.29, 1.82) is 0 Å². The predicted molar refractivity (Wildman–Crippen MR) is 69.0 cm³/mol. The normalized spacial score (nSPS) is 12.1. The summed E-state index contributed by atoms with van der Waals surface area (Å²) in [4.78, 5) is 27.0. The largest absolute Gasteiger partial charge is 0.357 e.